The number of aliphatic carboxylic acids is 1. The highest BCUT2D eigenvalue weighted by Crippen LogP contribution is 2.27. The second-order valence-corrected chi connectivity index (χ2v) is 3.75. The van der Waals surface area contributed by atoms with Crippen molar-refractivity contribution < 1.29 is 23.4 Å². The molecule has 0 heterocycles. The van der Waals surface area contributed by atoms with Gasteiger partial charge in [-0.1, -0.05) is 6.07 Å². The zero-order valence-corrected chi connectivity index (χ0v) is 9.95. The molecule has 0 amide bonds. The first kappa shape index (κ1) is 14.4. The van der Waals surface area contributed by atoms with Crippen molar-refractivity contribution >= 4 is 5.97 Å². The molecule has 100 valence electrons. The van der Waals surface area contributed by atoms with Crippen LogP contribution < -0.4 is 10.5 Å². The fourth-order valence-corrected chi connectivity index (χ4v) is 1.53. The standard InChI is InChI=1S/C12H15F2NO3/c1-2-18-9-5-3-7(11(13)12(9)14)8(15)4-6-10(16)17/h3,5,8H,2,4,6,15H2,1H3,(H,16,17). The summed E-state index contributed by atoms with van der Waals surface area (Å²) in [6, 6.07) is 1.75. The maximum Gasteiger partial charge on any atom is 0.303 e. The van der Waals surface area contributed by atoms with Gasteiger partial charge in [0.1, 0.15) is 0 Å². The van der Waals surface area contributed by atoms with Crippen LogP contribution in [0.15, 0.2) is 12.1 Å². The van der Waals surface area contributed by atoms with Crippen molar-refractivity contribution in [3.8, 4) is 5.75 Å². The Morgan fingerprint density at radius 3 is 2.67 bits per heavy atom. The van der Waals surface area contributed by atoms with Crippen LogP contribution in [0.1, 0.15) is 31.4 Å². The first-order valence-corrected chi connectivity index (χ1v) is 5.55. The van der Waals surface area contributed by atoms with Crippen LogP contribution >= 0.6 is 0 Å². The number of halogens is 2. The van der Waals surface area contributed by atoms with E-state index in [1.165, 1.54) is 12.1 Å². The fraction of sp³-hybridized carbons (Fsp3) is 0.417. The summed E-state index contributed by atoms with van der Waals surface area (Å²) >= 11 is 0. The Morgan fingerprint density at radius 2 is 2.11 bits per heavy atom. The Bertz CT molecular complexity index is 438. The Hall–Kier alpha value is -1.69. The van der Waals surface area contributed by atoms with E-state index in [1.54, 1.807) is 6.92 Å². The minimum Gasteiger partial charge on any atom is -0.491 e. The first-order valence-electron chi connectivity index (χ1n) is 5.55. The molecule has 1 aromatic carbocycles. The van der Waals surface area contributed by atoms with Gasteiger partial charge >= 0.3 is 5.97 Å². The van der Waals surface area contributed by atoms with E-state index in [4.69, 9.17) is 15.6 Å². The van der Waals surface area contributed by atoms with E-state index in [2.05, 4.69) is 0 Å². The van der Waals surface area contributed by atoms with Crippen molar-refractivity contribution in [2.24, 2.45) is 5.73 Å². The number of hydrogen-bond donors (Lipinski definition) is 2. The van der Waals surface area contributed by atoms with Crippen LogP contribution in [0.3, 0.4) is 0 Å². The van der Waals surface area contributed by atoms with Gasteiger partial charge in [0.25, 0.3) is 0 Å². The molecule has 0 aliphatic carbocycles. The van der Waals surface area contributed by atoms with Gasteiger partial charge in [-0.2, -0.15) is 4.39 Å². The highest BCUT2D eigenvalue weighted by Gasteiger charge is 2.19. The quantitative estimate of drug-likeness (QED) is 0.821. The number of nitrogens with two attached hydrogens (primary N) is 1. The van der Waals surface area contributed by atoms with Gasteiger partial charge in [0.15, 0.2) is 11.6 Å². The molecule has 0 aliphatic rings. The molecule has 18 heavy (non-hydrogen) atoms. The second kappa shape index (κ2) is 6.30. The molecule has 0 saturated carbocycles. The molecule has 0 radical (unpaired) electrons. The van der Waals surface area contributed by atoms with Crippen molar-refractivity contribution in [3.63, 3.8) is 0 Å². The Labute approximate surface area is 103 Å². The van der Waals surface area contributed by atoms with Gasteiger partial charge in [-0.25, -0.2) is 4.39 Å². The lowest BCUT2D eigenvalue weighted by Crippen LogP contribution is -2.15. The highest BCUT2D eigenvalue weighted by atomic mass is 19.2. The van der Waals surface area contributed by atoms with Crippen LogP contribution in [-0.2, 0) is 4.79 Å². The number of benzene rings is 1. The van der Waals surface area contributed by atoms with Gasteiger partial charge < -0.3 is 15.6 Å². The normalized spacial score (nSPS) is 12.2. The van der Waals surface area contributed by atoms with Crippen LogP contribution in [0.2, 0.25) is 0 Å². The third kappa shape index (κ3) is 3.40. The zero-order valence-electron chi connectivity index (χ0n) is 9.95. The van der Waals surface area contributed by atoms with E-state index >= 15 is 0 Å². The number of carboxylic acids is 1. The molecule has 0 aliphatic heterocycles. The molecule has 0 bridgehead atoms. The first-order chi connectivity index (χ1) is 8.47. The Balaban J connectivity index is 2.90. The molecule has 1 unspecified atom stereocenters. The molecule has 1 rings (SSSR count). The van der Waals surface area contributed by atoms with Crippen LogP contribution in [0, 0.1) is 11.6 Å². The molecule has 0 spiro atoms. The monoisotopic (exact) mass is 259 g/mol. The van der Waals surface area contributed by atoms with Crippen molar-refractivity contribution in [2.45, 2.75) is 25.8 Å². The van der Waals surface area contributed by atoms with Crippen LogP contribution in [-0.4, -0.2) is 17.7 Å². The van der Waals surface area contributed by atoms with Gasteiger partial charge in [0.05, 0.1) is 6.61 Å². The topological polar surface area (TPSA) is 72.5 Å². The molecule has 0 saturated heterocycles. The highest BCUT2D eigenvalue weighted by molar-refractivity contribution is 5.66. The average Bonchev–Trinajstić information content (AvgIpc) is 2.32. The lowest BCUT2D eigenvalue weighted by Gasteiger charge is -2.14. The lowest BCUT2D eigenvalue weighted by molar-refractivity contribution is -0.137. The van der Waals surface area contributed by atoms with Crippen molar-refractivity contribution in [1.29, 1.82) is 0 Å². The van der Waals surface area contributed by atoms with Gasteiger partial charge in [-0.05, 0) is 19.4 Å². The van der Waals surface area contributed by atoms with Crippen molar-refractivity contribution in [2.75, 3.05) is 6.61 Å². The minimum atomic E-state index is -1.10. The largest absolute Gasteiger partial charge is 0.491 e. The molecule has 1 aromatic rings. The number of hydrogen-bond acceptors (Lipinski definition) is 3. The number of ether oxygens (including phenoxy) is 1. The Kier molecular flexibility index (Phi) is 5.03. The van der Waals surface area contributed by atoms with Crippen LogP contribution in [0.4, 0.5) is 8.78 Å². The summed E-state index contributed by atoms with van der Waals surface area (Å²) in [5.74, 6) is -3.39. The third-order valence-electron chi connectivity index (χ3n) is 2.45. The smallest absolute Gasteiger partial charge is 0.303 e. The number of carbonyl (C=O) groups is 1. The predicted octanol–water partition coefficient (Wildman–Crippen LogP) is 2.23. The Morgan fingerprint density at radius 1 is 1.44 bits per heavy atom. The molecule has 3 N–H and O–H groups in total. The van der Waals surface area contributed by atoms with Crippen molar-refractivity contribution in [3.05, 3.63) is 29.3 Å². The number of rotatable bonds is 6. The number of carboxylic acid groups (broad SMARTS) is 1. The van der Waals surface area contributed by atoms with Gasteiger partial charge in [0, 0.05) is 18.0 Å². The molecule has 6 heteroatoms. The summed E-state index contributed by atoms with van der Waals surface area (Å²) in [4.78, 5) is 10.4. The van der Waals surface area contributed by atoms with Crippen LogP contribution in [0.25, 0.3) is 0 Å². The lowest BCUT2D eigenvalue weighted by atomic mass is 10.0. The summed E-state index contributed by atoms with van der Waals surface area (Å²) < 4.78 is 32.1. The van der Waals surface area contributed by atoms with E-state index in [1.807, 2.05) is 0 Å². The SMILES string of the molecule is CCOc1ccc(C(N)CCC(=O)O)c(F)c1F. The molecular formula is C12H15F2NO3. The summed E-state index contributed by atoms with van der Waals surface area (Å²) in [5, 5.41) is 8.50. The van der Waals surface area contributed by atoms with E-state index in [9.17, 15) is 13.6 Å². The van der Waals surface area contributed by atoms with E-state index in [0.717, 1.165) is 0 Å². The van der Waals surface area contributed by atoms with E-state index in [-0.39, 0.29) is 30.8 Å². The maximum absolute atomic E-state index is 13.7. The van der Waals surface area contributed by atoms with Crippen LogP contribution in [0.5, 0.6) is 5.75 Å². The second-order valence-electron chi connectivity index (χ2n) is 3.75. The summed E-state index contributed by atoms with van der Waals surface area (Å²) in [6.07, 6.45) is -0.158. The summed E-state index contributed by atoms with van der Waals surface area (Å²) in [5.41, 5.74) is 5.58. The average molecular weight is 259 g/mol. The maximum atomic E-state index is 13.7. The summed E-state index contributed by atoms with van der Waals surface area (Å²) in [6.45, 7) is 1.88. The molecular weight excluding hydrogens is 244 g/mol. The molecule has 0 fully saturated rings. The van der Waals surface area contributed by atoms with Crippen molar-refractivity contribution in [1.82, 2.24) is 0 Å². The van der Waals surface area contributed by atoms with Gasteiger partial charge in [-0.15, -0.1) is 0 Å². The molecule has 4 nitrogen and oxygen atoms in total. The summed E-state index contributed by atoms with van der Waals surface area (Å²) in [7, 11) is 0. The minimum absolute atomic E-state index is 0.0413. The third-order valence-corrected chi connectivity index (χ3v) is 2.45. The van der Waals surface area contributed by atoms with Gasteiger partial charge in [-0.3, -0.25) is 4.79 Å². The predicted molar refractivity (Wildman–Crippen MR) is 61.3 cm³/mol. The fourth-order valence-electron chi connectivity index (χ4n) is 1.53. The molecule has 0 aromatic heterocycles. The van der Waals surface area contributed by atoms with E-state index in [0.29, 0.717) is 0 Å². The zero-order chi connectivity index (χ0) is 13.7. The van der Waals surface area contributed by atoms with Gasteiger partial charge in [0.2, 0.25) is 5.82 Å². The van der Waals surface area contributed by atoms with E-state index < -0.39 is 23.6 Å². The molecule has 1 atom stereocenters.